The third-order valence-corrected chi connectivity index (χ3v) is 2.91. The summed E-state index contributed by atoms with van der Waals surface area (Å²) in [6.07, 6.45) is 13.7. The Balaban J connectivity index is 1.98. The van der Waals surface area contributed by atoms with Crippen LogP contribution in [-0.4, -0.2) is 0 Å². The number of fused-ring (bicyclic) bond motifs is 2. The van der Waals surface area contributed by atoms with E-state index >= 15 is 0 Å². The van der Waals surface area contributed by atoms with Gasteiger partial charge in [0, 0.05) is 0 Å². The van der Waals surface area contributed by atoms with Crippen LogP contribution in [0.2, 0.25) is 0 Å². The summed E-state index contributed by atoms with van der Waals surface area (Å²) >= 11 is 0. The van der Waals surface area contributed by atoms with Crippen LogP contribution in [0.3, 0.4) is 0 Å². The van der Waals surface area contributed by atoms with Crippen molar-refractivity contribution in [3.05, 3.63) is 12.2 Å². The van der Waals surface area contributed by atoms with Crippen molar-refractivity contribution < 1.29 is 0 Å². The molecule has 1 saturated carbocycles. The van der Waals surface area contributed by atoms with E-state index in [2.05, 4.69) is 12.2 Å². The number of hydrogen-bond acceptors (Lipinski definition) is 0. The monoisotopic (exact) mass is 136 g/mol. The Morgan fingerprint density at radius 2 is 1.40 bits per heavy atom. The molecule has 2 rings (SSSR count). The maximum Gasteiger partial charge on any atom is -0.0228 e. The van der Waals surface area contributed by atoms with E-state index in [0.29, 0.717) is 0 Å². The van der Waals surface area contributed by atoms with Crippen LogP contribution in [-0.2, 0) is 0 Å². The highest BCUT2D eigenvalue weighted by molar-refractivity contribution is 5.02. The quantitative estimate of drug-likeness (QED) is 0.449. The van der Waals surface area contributed by atoms with Crippen LogP contribution in [0.5, 0.6) is 0 Å². The molecule has 0 aliphatic heterocycles. The first-order chi connectivity index (χ1) is 4.95. The summed E-state index contributed by atoms with van der Waals surface area (Å²) in [7, 11) is 0. The molecule has 56 valence electrons. The van der Waals surface area contributed by atoms with E-state index in [9.17, 15) is 0 Å². The SMILES string of the molecule is C1=CC2CCCCCC1C2. The summed E-state index contributed by atoms with van der Waals surface area (Å²) in [6, 6.07) is 0. The molecule has 0 saturated heterocycles. The third kappa shape index (κ3) is 1.25. The standard InChI is InChI=1S/C10H16/c1-2-4-9-6-7-10(8-9)5-3-1/h6-7,9-10H,1-5,8H2. The highest BCUT2D eigenvalue weighted by Gasteiger charge is 2.19. The molecule has 2 bridgehead atoms. The first-order valence-corrected chi connectivity index (χ1v) is 4.63. The maximum atomic E-state index is 2.45. The lowest BCUT2D eigenvalue weighted by atomic mass is 9.90. The second-order valence-corrected chi connectivity index (χ2v) is 3.78. The molecular formula is C10H16. The van der Waals surface area contributed by atoms with Gasteiger partial charge in [-0.25, -0.2) is 0 Å². The summed E-state index contributed by atoms with van der Waals surface area (Å²) in [6.45, 7) is 0. The molecule has 0 aromatic rings. The second-order valence-electron chi connectivity index (χ2n) is 3.78. The lowest BCUT2D eigenvalue weighted by molar-refractivity contribution is 0.405. The van der Waals surface area contributed by atoms with Crippen LogP contribution in [0, 0.1) is 11.8 Å². The van der Waals surface area contributed by atoms with E-state index in [1.54, 1.807) is 0 Å². The van der Waals surface area contributed by atoms with Crippen molar-refractivity contribution in [2.45, 2.75) is 38.5 Å². The van der Waals surface area contributed by atoms with E-state index in [0.717, 1.165) is 11.8 Å². The zero-order valence-corrected chi connectivity index (χ0v) is 6.55. The number of hydrogen-bond donors (Lipinski definition) is 0. The van der Waals surface area contributed by atoms with E-state index in [1.165, 1.54) is 38.5 Å². The van der Waals surface area contributed by atoms with Gasteiger partial charge in [-0.15, -0.1) is 0 Å². The van der Waals surface area contributed by atoms with Gasteiger partial charge in [0.15, 0.2) is 0 Å². The Bertz CT molecular complexity index is 121. The summed E-state index contributed by atoms with van der Waals surface area (Å²) in [4.78, 5) is 0. The maximum absolute atomic E-state index is 2.45. The van der Waals surface area contributed by atoms with Crippen LogP contribution in [0.15, 0.2) is 12.2 Å². The van der Waals surface area contributed by atoms with Gasteiger partial charge in [0.1, 0.15) is 0 Å². The van der Waals surface area contributed by atoms with Crippen molar-refractivity contribution >= 4 is 0 Å². The fraction of sp³-hybridized carbons (Fsp3) is 0.800. The summed E-state index contributed by atoms with van der Waals surface area (Å²) in [5.41, 5.74) is 0. The molecule has 10 heavy (non-hydrogen) atoms. The van der Waals surface area contributed by atoms with Gasteiger partial charge in [0.05, 0.1) is 0 Å². The molecular weight excluding hydrogens is 120 g/mol. The van der Waals surface area contributed by atoms with E-state index < -0.39 is 0 Å². The minimum atomic E-state index is 0.963. The topological polar surface area (TPSA) is 0 Å². The van der Waals surface area contributed by atoms with Crippen LogP contribution >= 0.6 is 0 Å². The van der Waals surface area contributed by atoms with Crippen molar-refractivity contribution in [1.29, 1.82) is 0 Å². The van der Waals surface area contributed by atoms with Gasteiger partial charge in [-0.2, -0.15) is 0 Å². The molecule has 1 fully saturated rings. The normalized spacial score (nSPS) is 39.2. The van der Waals surface area contributed by atoms with Crippen molar-refractivity contribution in [1.82, 2.24) is 0 Å². The average molecular weight is 136 g/mol. The predicted molar refractivity (Wildman–Crippen MR) is 43.8 cm³/mol. The molecule has 0 radical (unpaired) electrons. The Hall–Kier alpha value is -0.260. The van der Waals surface area contributed by atoms with Gasteiger partial charge in [0.2, 0.25) is 0 Å². The van der Waals surface area contributed by atoms with E-state index in [-0.39, 0.29) is 0 Å². The van der Waals surface area contributed by atoms with Crippen molar-refractivity contribution in [3.8, 4) is 0 Å². The molecule has 0 aromatic heterocycles. The van der Waals surface area contributed by atoms with Crippen LogP contribution in [0.4, 0.5) is 0 Å². The molecule has 0 nitrogen and oxygen atoms in total. The van der Waals surface area contributed by atoms with Gasteiger partial charge in [0.25, 0.3) is 0 Å². The second kappa shape index (κ2) is 2.77. The minimum Gasteiger partial charge on any atom is -0.0851 e. The van der Waals surface area contributed by atoms with Gasteiger partial charge in [-0.3, -0.25) is 0 Å². The highest BCUT2D eigenvalue weighted by Crippen LogP contribution is 2.33. The smallest absolute Gasteiger partial charge is 0.0228 e. The van der Waals surface area contributed by atoms with Crippen LogP contribution in [0.1, 0.15) is 38.5 Å². The fourth-order valence-electron chi connectivity index (χ4n) is 2.28. The number of allylic oxidation sites excluding steroid dienone is 2. The minimum absolute atomic E-state index is 0.963. The Labute approximate surface area is 63.3 Å². The van der Waals surface area contributed by atoms with Crippen molar-refractivity contribution in [2.75, 3.05) is 0 Å². The zero-order chi connectivity index (χ0) is 6.81. The van der Waals surface area contributed by atoms with Crippen molar-refractivity contribution in [3.63, 3.8) is 0 Å². The molecule has 2 unspecified atom stereocenters. The fourth-order valence-corrected chi connectivity index (χ4v) is 2.28. The lowest BCUT2D eigenvalue weighted by Crippen LogP contribution is -2.01. The van der Waals surface area contributed by atoms with Gasteiger partial charge in [-0.1, -0.05) is 31.4 Å². The molecule has 2 atom stereocenters. The molecule has 0 heterocycles. The molecule has 0 amide bonds. The molecule has 2 aliphatic rings. The predicted octanol–water partition coefficient (Wildman–Crippen LogP) is 3.14. The van der Waals surface area contributed by atoms with Crippen molar-refractivity contribution in [2.24, 2.45) is 11.8 Å². The molecule has 0 spiro atoms. The number of rotatable bonds is 0. The third-order valence-electron chi connectivity index (χ3n) is 2.91. The average Bonchev–Trinajstić information content (AvgIpc) is 2.30. The van der Waals surface area contributed by atoms with Gasteiger partial charge in [-0.05, 0) is 31.1 Å². The first kappa shape index (κ1) is 6.45. The zero-order valence-electron chi connectivity index (χ0n) is 6.55. The summed E-state index contributed by atoms with van der Waals surface area (Å²) in [5, 5.41) is 0. The van der Waals surface area contributed by atoms with Gasteiger partial charge >= 0.3 is 0 Å². The molecule has 0 aromatic carbocycles. The van der Waals surface area contributed by atoms with E-state index in [4.69, 9.17) is 0 Å². The summed E-state index contributed by atoms with van der Waals surface area (Å²) in [5.74, 6) is 1.93. The Morgan fingerprint density at radius 1 is 0.800 bits per heavy atom. The van der Waals surface area contributed by atoms with E-state index in [1.807, 2.05) is 0 Å². The molecule has 0 heteroatoms. The highest BCUT2D eigenvalue weighted by atomic mass is 14.2. The largest absolute Gasteiger partial charge is 0.0851 e. The first-order valence-electron chi connectivity index (χ1n) is 4.63. The van der Waals surface area contributed by atoms with Crippen LogP contribution in [0.25, 0.3) is 0 Å². The molecule has 0 N–H and O–H groups in total. The summed E-state index contributed by atoms with van der Waals surface area (Å²) < 4.78 is 0. The Morgan fingerprint density at radius 3 is 2.00 bits per heavy atom. The van der Waals surface area contributed by atoms with Gasteiger partial charge < -0.3 is 0 Å². The molecule has 2 aliphatic carbocycles. The van der Waals surface area contributed by atoms with Crippen LogP contribution < -0.4 is 0 Å². The lowest BCUT2D eigenvalue weighted by Gasteiger charge is -2.15. The Kier molecular flexibility index (Phi) is 1.79.